The second-order valence-corrected chi connectivity index (χ2v) is 4.09. The van der Waals surface area contributed by atoms with Crippen LogP contribution >= 0.6 is 11.6 Å². The van der Waals surface area contributed by atoms with Crippen molar-refractivity contribution < 1.29 is 14.6 Å². The summed E-state index contributed by atoms with van der Waals surface area (Å²) in [4.78, 5) is 10.7. The maximum atomic E-state index is 10.7. The van der Waals surface area contributed by atoms with Gasteiger partial charge in [-0.15, -0.1) is 0 Å². The highest BCUT2D eigenvalue weighted by molar-refractivity contribution is 6.32. The highest BCUT2D eigenvalue weighted by atomic mass is 35.5. The molecule has 80 valence electrons. The van der Waals surface area contributed by atoms with Crippen LogP contribution in [0.3, 0.4) is 0 Å². The Morgan fingerprint density at radius 3 is 2.87 bits per heavy atom. The lowest BCUT2D eigenvalue weighted by Crippen LogP contribution is -1.99. The highest BCUT2D eigenvalue weighted by Crippen LogP contribution is 2.48. The third-order valence-corrected chi connectivity index (χ3v) is 3.02. The third kappa shape index (κ3) is 1.92. The summed E-state index contributed by atoms with van der Waals surface area (Å²) in [6.45, 7) is 0. The van der Waals surface area contributed by atoms with E-state index in [0.717, 1.165) is 5.56 Å². The van der Waals surface area contributed by atoms with Crippen LogP contribution in [-0.2, 0) is 4.79 Å². The summed E-state index contributed by atoms with van der Waals surface area (Å²) >= 11 is 5.88. The van der Waals surface area contributed by atoms with E-state index in [-0.39, 0.29) is 11.8 Å². The summed E-state index contributed by atoms with van der Waals surface area (Å²) in [7, 11) is 1.55. The predicted octanol–water partition coefficient (Wildman–Crippen LogP) is 2.54. The molecule has 1 saturated carbocycles. The van der Waals surface area contributed by atoms with Crippen molar-refractivity contribution in [3.8, 4) is 5.75 Å². The van der Waals surface area contributed by atoms with Gasteiger partial charge < -0.3 is 9.84 Å². The molecule has 2 unspecified atom stereocenters. The number of aliphatic carboxylic acids is 1. The van der Waals surface area contributed by atoms with Crippen LogP contribution in [0.2, 0.25) is 5.02 Å². The summed E-state index contributed by atoms with van der Waals surface area (Å²) in [5, 5.41) is 9.36. The fourth-order valence-corrected chi connectivity index (χ4v) is 1.94. The Labute approximate surface area is 92.6 Å². The number of hydrogen-bond donors (Lipinski definition) is 1. The maximum absolute atomic E-state index is 10.7. The van der Waals surface area contributed by atoms with Gasteiger partial charge in [-0.25, -0.2) is 0 Å². The molecule has 0 heterocycles. The average molecular weight is 227 g/mol. The van der Waals surface area contributed by atoms with Gasteiger partial charge in [0.25, 0.3) is 0 Å². The van der Waals surface area contributed by atoms with Crippen LogP contribution in [0.1, 0.15) is 17.9 Å². The fourth-order valence-electron chi connectivity index (χ4n) is 1.74. The van der Waals surface area contributed by atoms with E-state index in [0.29, 0.717) is 17.2 Å². The molecule has 4 heteroatoms. The van der Waals surface area contributed by atoms with Crippen LogP contribution in [0, 0.1) is 5.92 Å². The van der Waals surface area contributed by atoms with Gasteiger partial charge >= 0.3 is 5.97 Å². The molecule has 0 aliphatic heterocycles. The van der Waals surface area contributed by atoms with E-state index in [4.69, 9.17) is 21.4 Å². The normalized spacial score (nSPS) is 23.6. The zero-order valence-electron chi connectivity index (χ0n) is 8.24. The quantitative estimate of drug-likeness (QED) is 0.862. The largest absolute Gasteiger partial charge is 0.495 e. The van der Waals surface area contributed by atoms with Crippen LogP contribution in [0.25, 0.3) is 0 Å². The van der Waals surface area contributed by atoms with Crippen LogP contribution in [-0.4, -0.2) is 18.2 Å². The molecule has 0 bridgehead atoms. The van der Waals surface area contributed by atoms with E-state index in [1.54, 1.807) is 13.2 Å². The lowest BCUT2D eigenvalue weighted by atomic mass is 10.1. The van der Waals surface area contributed by atoms with Gasteiger partial charge in [0.05, 0.1) is 18.1 Å². The van der Waals surface area contributed by atoms with E-state index in [2.05, 4.69) is 0 Å². The summed E-state index contributed by atoms with van der Waals surface area (Å²) in [6, 6.07) is 5.42. The molecule has 1 aliphatic carbocycles. The molecule has 1 aromatic carbocycles. The molecule has 0 aromatic heterocycles. The topological polar surface area (TPSA) is 46.5 Å². The Morgan fingerprint density at radius 2 is 2.33 bits per heavy atom. The number of methoxy groups -OCH3 is 1. The Morgan fingerprint density at radius 1 is 1.60 bits per heavy atom. The zero-order valence-corrected chi connectivity index (χ0v) is 8.99. The minimum absolute atomic E-state index is 0.119. The van der Waals surface area contributed by atoms with E-state index >= 15 is 0 Å². The molecule has 0 spiro atoms. The number of carboxylic acid groups (broad SMARTS) is 1. The number of rotatable bonds is 3. The summed E-state index contributed by atoms with van der Waals surface area (Å²) in [5.41, 5.74) is 0.989. The second kappa shape index (κ2) is 3.74. The van der Waals surface area contributed by atoms with Crippen molar-refractivity contribution in [1.82, 2.24) is 0 Å². The van der Waals surface area contributed by atoms with Crippen molar-refractivity contribution >= 4 is 17.6 Å². The molecule has 1 aliphatic rings. The molecule has 2 rings (SSSR count). The summed E-state index contributed by atoms with van der Waals surface area (Å²) < 4.78 is 5.08. The van der Waals surface area contributed by atoms with Gasteiger partial charge in [0.1, 0.15) is 5.75 Å². The molecule has 1 fully saturated rings. The minimum atomic E-state index is -0.728. The van der Waals surface area contributed by atoms with E-state index in [9.17, 15) is 4.79 Å². The van der Waals surface area contributed by atoms with Crippen molar-refractivity contribution in [3.05, 3.63) is 28.8 Å². The van der Waals surface area contributed by atoms with Gasteiger partial charge in [0, 0.05) is 0 Å². The van der Waals surface area contributed by atoms with Crippen LogP contribution in [0.15, 0.2) is 18.2 Å². The van der Waals surface area contributed by atoms with E-state index in [1.807, 2.05) is 12.1 Å². The van der Waals surface area contributed by atoms with Crippen LogP contribution in [0.5, 0.6) is 5.75 Å². The van der Waals surface area contributed by atoms with E-state index < -0.39 is 5.97 Å². The maximum Gasteiger partial charge on any atom is 0.307 e. The first kappa shape index (κ1) is 10.3. The van der Waals surface area contributed by atoms with Crippen LogP contribution in [0.4, 0.5) is 0 Å². The molecular weight excluding hydrogens is 216 g/mol. The summed E-state index contributed by atoms with van der Waals surface area (Å²) in [6.07, 6.45) is 0.708. The first-order valence-electron chi connectivity index (χ1n) is 4.69. The van der Waals surface area contributed by atoms with Crippen molar-refractivity contribution in [2.24, 2.45) is 5.92 Å². The number of ether oxygens (including phenoxy) is 1. The van der Waals surface area contributed by atoms with Crippen molar-refractivity contribution in [2.75, 3.05) is 7.11 Å². The number of carboxylic acids is 1. The van der Waals surface area contributed by atoms with Gasteiger partial charge in [-0.3, -0.25) is 4.79 Å². The number of benzene rings is 1. The van der Waals surface area contributed by atoms with Crippen LogP contribution < -0.4 is 4.74 Å². The highest BCUT2D eigenvalue weighted by Gasteiger charge is 2.44. The molecule has 3 nitrogen and oxygen atoms in total. The van der Waals surface area contributed by atoms with Gasteiger partial charge in [0.2, 0.25) is 0 Å². The second-order valence-electron chi connectivity index (χ2n) is 3.68. The Balaban J connectivity index is 2.21. The molecule has 15 heavy (non-hydrogen) atoms. The molecule has 1 aromatic rings. The smallest absolute Gasteiger partial charge is 0.307 e. The van der Waals surface area contributed by atoms with Crippen molar-refractivity contribution in [1.29, 1.82) is 0 Å². The number of carbonyl (C=O) groups is 1. The Bertz CT molecular complexity index is 403. The molecule has 0 radical (unpaired) electrons. The minimum Gasteiger partial charge on any atom is -0.495 e. The molecule has 1 N–H and O–H groups in total. The Kier molecular flexibility index (Phi) is 2.57. The predicted molar refractivity (Wildman–Crippen MR) is 56.5 cm³/mol. The first-order chi connectivity index (χ1) is 7.13. The van der Waals surface area contributed by atoms with Gasteiger partial charge in [0.15, 0.2) is 0 Å². The van der Waals surface area contributed by atoms with Crippen molar-refractivity contribution in [2.45, 2.75) is 12.3 Å². The zero-order chi connectivity index (χ0) is 11.0. The lowest BCUT2D eigenvalue weighted by Gasteiger charge is -2.05. The SMILES string of the molecule is COc1cc(C2CC2C(=O)O)ccc1Cl. The Hall–Kier alpha value is -1.22. The van der Waals surface area contributed by atoms with Gasteiger partial charge in [-0.2, -0.15) is 0 Å². The lowest BCUT2D eigenvalue weighted by molar-refractivity contribution is -0.138. The first-order valence-corrected chi connectivity index (χ1v) is 5.07. The molecule has 2 atom stereocenters. The molecule has 0 amide bonds. The van der Waals surface area contributed by atoms with Gasteiger partial charge in [-0.05, 0) is 30.0 Å². The molecular formula is C11H11ClO3. The van der Waals surface area contributed by atoms with Gasteiger partial charge in [-0.1, -0.05) is 17.7 Å². The van der Waals surface area contributed by atoms with Crippen molar-refractivity contribution in [3.63, 3.8) is 0 Å². The monoisotopic (exact) mass is 226 g/mol. The fraction of sp³-hybridized carbons (Fsp3) is 0.364. The number of halogens is 1. The molecule has 0 saturated heterocycles. The average Bonchev–Trinajstić information content (AvgIpc) is 2.98. The standard InChI is InChI=1S/C11H11ClO3/c1-15-10-4-6(2-3-9(10)12)7-5-8(7)11(13)14/h2-4,7-8H,5H2,1H3,(H,13,14). The van der Waals surface area contributed by atoms with E-state index in [1.165, 1.54) is 0 Å². The summed E-state index contributed by atoms with van der Waals surface area (Å²) in [5.74, 6) is -0.247. The number of hydrogen-bond acceptors (Lipinski definition) is 2. The third-order valence-electron chi connectivity index (χ3n) is 2.71.